The second-order valence-electron chi connectivity index (χ2n) is 5.86. The van der Waals surface area contributed by atoms with E-state index in [-0.39, 0.29) is 5.41 Å². The van der Waals surface area contributed by atoms with Crippen molar-refractivity contribution in [3.8, 4) is 0 Å². The molecule has 0 atom stereocenters. The van der Waals surface area contributed by atoms with E-state index < -0.39 is 0 Å². The van der Waals surface area contributed by atoms with Crippen LogP contribution in [0.1, 0.15) is 24.1 Å². The quantitative estimate of drug-likeness (QED) is 0.625. The first-order valence-corrected chi connectivity index (χ1v) is 8.62. The molecule has 5 heteroatoms. The summed E-state index contributed by atoms with van der Waals surface area (Å²) in [6.45, 7) is 1.56. The molecule has 1 heterocycles. The Labute approximate surface area is 145 Å². The molecule has 0 radical (unpaired) electrons. The van der Waals surface area contributed by atoms with E-state index in [1.165, 1.54) is 22.9 Å². The molecule has 2 N–H and O–H groups in total. The van der Waals surface area contributed by atoms with E-state index in [0.717, 1.165) is 18.2 Å². The van der Waals surface area contributed by atoms with E-state index in [9.17, 15) is 0 Å². The van der Waals surface area contributed by atoms with Crippen molar-refractivity contribution in [3.05, 3.63) is 64.4 Å². The minimum absolute atomic E-state index is 0.225. The summed E-state index contributed by atoms with van der Waals surface area (Å²) >= 11 is 3.68. The molecule has 3 rings (SSSR count). The minimum atomic E-state index is 0.225. The Kier molecular flexibility index (Phi) is 4.96. The molecule has 1 saturated carbocycles. The third-order valence-corrected chi connectivity index (χ3v) is 4.97. The molecule has 0 amide bonds. The molecule has 4 nitrogen and oxygen atoms in total. The molecule has 1 fully saturated rings. The topological polar surface area (TPSA) is 49.3 Å². The number of rotatable bonds is 5. The second kappa shape index (κ2) is 7.13. The summed E-state index contributed by atoms with van der Waals surface area (Å²) in [4.78, 5) is 8.62. The molecule has 0 aliphatic heterocycles. The van der Waals surface area contributed by atoms with Gasteiger partial charge in [0.05, 0.1) is 12.2 Å². The zero-order valence-corrected chi connectivity index (χ0v) is 14.8. The lowest BCUT2D eigenvalue weighted by molar-refractivity contribution is 0.642. The summed E-state index contributed by atoms with van der Waals surface area (Å²) in [5.74, 6) is 0.814. The zero-order valence-electron chi connectivity index (χ0n) is 13.2. The van der Waals surface area contributed by atoms with Gasteiger partial charge in [-0.25, -0.2) is 0 Å². The van der Waals surface area contributed by atoms with E-state index in [1.54, 1.807) is 13.2 Å². The maximum Gasteiger partial charge on any atom is 0.191 e. The lowest BCUT2D eigenvalue weighted by atomic mass is 9.96. The van der Waals surface area contributed by atoms with Crippen molar-refractivity contribution in [2.75, 3.05) is 13.6 Å². The van der Waals surface area contributed by atoms with Crippen LogP contribution in [0.5, 0.6) is 0 Å². The Bertz CT molecular complexity index is 680. The van der Waals surface area contributed by atoms with E-state index >= 15 is 0 Å². The molecule has 1 aromatic carbocycles. The Morgan fingerprint density at radius 1 is 1.17 bits per heavy atom. The van der Waals surface area contributed by atoms with Crippen molar-refractivity contribution in [2.24, 2.45) is 4.99 Å². The molecule has 1 aliphatic rings. The summed E-state index contributed by atoms with van der Waals surface area (Å²) < 4.78 is 1.19. The summed E-state index contributed by atoms with van der Waals surface area (Å²) in [6, 6.07) is 14.4. The van der Waals surface area contributed by atoms with Crippen LogP contribution in [0.25, 0.3) is 0 Å². The van der Waals surface area contributed by atoms with Crippen LogP contribution in [0.3, 0.4) is 0 Å². The van der Waals surface area contributed by atoms with Crippen molar-refractivity contribution >= 4 is 21.9 Å². The third kappa shape index (κ3) is 3.91. The van der Waals surface area contributed by atoms with Crippen molar-refractivity contribution < 1.29 is 0 Å². The summed E-state index contributed by atoms with van der Waals surface area (Å²) in [5, 5.41) is 6.78. The minimum Gasteiger partial charge on any atom is -0.356 e. The Hall–Kier alpha value is -1.88. The monoisotopic (exact) mass is 372 g/mol. The summed E-state index contributed by atoms with van der Waals surface area (Å²) in [6.07, 6.45) is 4.22. The molecule has 1 aliphatic carbocycles. The SMILES string of the molecule is CN=C(NCc1ccccn1)NCC1(c2ccccc2Br)CC1. The number of pyridine rings is 1. The maximum atomic E-state index is 4.31. The first kappa shape index (κ1) is 16.0. The van der Waals surface area contributed by atoms with Gasteiger partial charge in [0.1, 0.15) is 0 Å². The largest absolute Gasteiger partial charge is 0.356 e. The van der Waals surface area contributed by atoms with Gasteiger partial charge in [-0.1, -0.05) is 40.2 Å². The Morgan fingerprint density at radius 2 is 1.96 bits per heavy atom. The van der Waals surface area contributed by atoms with Crippen molar-refractivity contribution in [1.82, 2.24) is 15.6 Å². The number of aromatic nitrogens is 1. The maximum absolute atomic E-state index is 4.31. The van der Waals surface area contributed by atoms with Gasteiger partial charge in [0.2, 0.25) is 0 Å². The number of nitrogens with zero attached hydrogens (tertiary/aromatic N) is 2. The van der Waals surface area contributed by atoms with Crippen LogP contribution in [0.4, 0.5) is 0 Å². The van der Waals surface area contributed by atoms with E-state index in [0.29, 0.717) is 6.54 Å². The fourth-order valence-electron chi connectivity index (χ4n) is 2.73. The van der Waals surface area contributed by atoms with Gasteiger partial charge in [-0.3, -0.25) is 9.98 Å². The number of halogens is 1. The molecule has 0 spiro atoms. The molecule has 23 heavy (non-hydrogen) atoms. The highest BCUT2D eigenvalue weighted by Crippen LogP contribution is 2.49. The number of hydrogen-bond acceptors (Lipinski definition) is 2. The van der Waals surface area contributed by atoms with Gasteiger partial charge in [0.15, 0.2) is 5.96 Å². The van der Waals surface area contributed by atoms with Crippen LogP contribution < -0.4 is 10.6 Å². The summed E-state index contributed by atoms with van der Waals surface area (Å²) in [5.41, 5.74) is 2.61. The number of guanidine groups is 1. The zero-order chi connectivity index (χ0) is 16.1. The van der Waals surface area contributed by atoms with Crippen LogP contribution in [0.15, 0.2) is 58.1 Å². The Balaban J connectivity index is 1.57. The van der Waals surface area contributed by atoms with Crippen LogP contribution in [-0.4, -0.2) is 24.5 Å². The first-order chi connectivity index (χ1) is 11.2. The highest BCUT2D eigenvalue weighted by Gasteiger charge is 2.45. The summed E-state index contributed by atoms with van der Waals surface area (Å²) in [7, 11) is 1.80. The predicted molar refractivity (Wildman–Crippen MR) is 97.5 cm³/mol. The molecule has 0 unspecified atom stereocenters. The predicted octanol–water partition coefficient (Wildman–Crippen LogP) is 3.24. The first-order valence-electron chi connectivity index (χ1n) is 7.83. The molecular weight excluding hydrogens is 352 g/mol. The van der Waals surface area contributed by atoms with E-state index in [4.69, 9.17) is 0 Å². The lowest BCUT2D eigenvalue weighted by Crippen LogP contribution is -2.41. The average molecular weight is 373 g/mol. The highest BCUT2D eigenvalue weighted by atomic mass is 79.9. The molecular formula is C18H21BrN4. The van der Waals surface area contributed by atoms with Gasteiger partial charge in [-0.15, -0.1) is 0 Å². The number of aliphatic imine (C=N–C) groups is 1. The lowest BCUT2D eigenvalue weighted by Gasteiger charge is -2.20. The molecule has 0 saturated heterocycles. The molecule has 120 valence electrons. The van der Waals surface area contributed by atoms with Crippen molar-refractivity contribution in [2.45, 2.75) is 24.8 Å². The standard InChI is InChI=1S/C18H21BrN4/c1-20-17(22-12-14-6-4-5-11-21-14)23-13-18(9-10-18)15-7-2-3-8-16(15)19/h2-8,11H,9-10,12-13H2,1H3,(H2,20,22,23). The van der Waals surface area contributed by atoms with E-state index in [1.807, 2.05) is 18.2 Å². The van der Waals surface area contributed by atoms with Gasteiger partial charge in [0.25, 0.3) is 0 Å². The average Bonchev–Trinajstić information content (AvgIpc) is 3.37. The van der Waals surface area contributed by atoms with Gasteiger partial charge < -0.3 is 10.6 Å². The van der Waals surface area contributed by atoms with Gasteiger partial charge >= 0.3 is 0 Å². The van der Waals surface area contributed by atoms with Gasteiger partial charge in [-0.05, 0) is 36.6 Å². The van der Waals surface area contributed by atoms with Crippen molar-refractivity contribution in [1.29, 1.82) is 0 Å². The number of nitrogens with one attached hydrogen (secondary N) is 2. The van der Waals surface area contributed by atoms with Gasteiger partial charge in [-0.2, -0.15) is 0 Å². The van der Waals surface area contributed by atoms with Crippen LogP contribution in [0, 0.1) is 0 Å². The molecule has 1 aromatic heterocycles. The fourth-order valence-corrected chi connectivity index (χ4v) is 3.44. The van der Waals surface area contributed by atoms with Crippen LogP contribution in [0.2, 0.25) is 0 Å². The smallest absolute Gasteiger partial charge is 0.191 e. The van der Waals surface area contributed by atoms with Crippen LogP contribution in [-0.2, 0) is 12.0 Å². The Morgan fingerprint density at radius 3 is 2.61 bits per heavy atom. The molecule has 0 bridgehead atoms. The fraction of sp³-hybridized carbons (Fsp3) is 0.333. The molecule has 2 aromatic rings. The normalized spacial score (nSPS) is 16.0. The third-order valence-electron chi connectivity index (χ3n) is 4.28. The van der Waals surface area contributed by atoms with E-state index in [2.05, 4.69) is 60.8 Å². The second-order valence-corrected chi connectivity index (χ2v) is 6.71. The van der Waals surface area contributed by atoms with Crippen molar-refractivity contribution in [3.63, 3.8) is 0 Å². The van der Waals surface area contributed by atoms with Crippen LogP contribution >= 0.6 is 15.9 Å². The number of hydrogen-bond donors (Lipinski definition) is 2. The van der Waals surface area contributed by atoms with Gasteiger partial charge in [0, 0.05) is 29.7 Å². The number of benzene rings is 1. The highest BCUT2D eigenvalue weighted by molar-refractivity contribution is 9.10.